The molecular weight excluding hydrogens is 434 g/mol. The Kier molecular flexibility index (Phi) is 7.81. The van der Waals surface area contributed by atoms with E-state index < -0.39 is 17.6 Å². The highest BCUT2D eigenvalue weighted by Gasteiger charge is 2.35. The third-order valence-electron chi connectivity index (χ3n) is 7.27. The lowest BCUT2D eigenvalue weighted by Gasteiger charge is -2.41. The van der Waals surface area contributed by atoms with E-state index in [0.29, 0.717) is 17.8 Å². The lowest BCUT2D eigenvalue weighted by atomic mass is 9.64. The van der Waals surface area contributed by atoms with Gasteiger partial charge in [0.25, 0.3) is 0 Å². The monoisotopic (exact) mass is 466 g/mol. The van der Waals surface area contributed by atoms with Crippen LogP contribution < -0.4 is 9.47 Å². The van der Waals surface area contributed by atoms with Gasteiger partial charge in [-0.2, -0.15) is 0 Å². The van der Waals surface area contributed by atoms with Crippen LogP contribution in [0.1, 0.15) is 67.3 Å². The fraction of sp³-hybridized carbons (Fsp3) is 0.414. The highest BCUT2D eigenvalue weighted by Crippen LogP contribution is 2.48. The van der Waals surface area contributed by atoms with Gasteiger partial charge in [0.1, 0.15) is 18.2 Å². The predicted molar refractivity (Wildman–Crippen MR) is 129 cm³/mol. The maximum absolute atomic E-state index is 14.9. The van der Waals surface area contributed by atoms with E-state index in [-0.39, 0.29) is 23.7 Å². The molecule has 2 fully saturated rings. The van der Waals surface area contributed by atoms with Crippen molar-refractivity contribution in [2.24, 2.45) is 17.8 Å². The van der Waals surface area contributed by atoms with Gasteiger partial charge in [-0.1, -0.05) is 30.9 Å². The maximum atomic E-state index is 14.9. The molecule has 34 heavy (non-hydrogen) atoms. The quantitative estimate of drug-likeness (QED) is 0.239. The summed E-state index contributed by atoms with van der Waals surface area (Å²) in [5.74, 6) is 0.371. The Bertz CT molecular complexity index is 1060. The van der Waals surface area contributed by atoms with Crippen LogP contribution >= 0.6 is 0 Å². The second-order valence-corrected chi connectivity index (χ2v) is 9.45. The van der Waals surface area contributed by atoms with E-state index in [1.54, 1.807) is 0 Å². The number of ether oxygens (including phenoxy) is 2. The lowest BCUT2D eigenvalue weighted by molar-refractivity contribution is 0.0729. The van der Waals surface area contributed by atoms with E-state index in [9.17, 15) is 13.6 Å². The number of fused-ring (bicyclic) bond motifs is 1. The normalized spacial score (nSPS) is 24.4. The second kappa shape index (κ2) is 11.0. The van der Waals surface area contributed by atoms with Gasteiger partial charge in [0.2, 0.25) is 0 Å². The molecule has 5 heteroatoms. The molecule has 0 saturated heterocycles. The van der Waals surface area contributed by atoms with Gasteiger partial charge in [0.05, 0.1) is 5.56 Å². The van der Waals surface area contributed by atoms with Crippen LogP contribution in [0.25, 0.3) is 0 Å². The molecule has 180 valence electrons. The van der Waals surface area contributed by atoms with Crippen LogP contribution in [0.4, 0.5) is 8.78 Å². The van der Waals surface area contributed by atoms with Gasteiger partial charge in [-0.3, -0.25) is 0 Å². The van der Waals surface area contributed by atoms with Crippen LogP contribution in [0.15, 0.2) is 61.2 Å². The molecule has 2 saturated carbocycles. The summed E-state index contributed by atoms with van der Waals surface area (Å²) in [6.07, 6.45) is 13.0. The number of carbonyl (C=O) groups excluding carboxylic acids is 1. The van der Waals surface area contributed by atoms with Gasteiger partial charge in [-0.15, -0.1) is 0 Å². The first-order valence-corrected chi connectivity index (χ1v) is 12.2. The number of hydrogen-bond acceptors (Lipinski definition) is 3. The van der Waals surface area contributed by atoms with Crippen molar-refractivity contribution in [2.75, 3.05) is 6.61 Å². The zero-order valence-corrected chi connectivity index (χ0v) is 19.6. The first-order chi connectivity index (χ1) is 16.5. The summed E-state index contributed by atoms with van der Waals surface area (Å²) in [5.41, 5.74) is 0.787. The summed E-state index contributed by atoms with van der Waals surface area (Å²) in [4.78, 5) is 12.5. The lowest BCUT2D eigenvalue weighted by Crippen LogP contribution is -2.30. The molecule has 4 rings (SSSR count). The van der Waals surface area contributed by atoms with Crippen LogP contribution in [-0.4, -0.2) is 12.6 Å². The smallest absolute Gasteiger partial charge is 0.346 e. The van der Waals surface area contributed by atoms with E-state index in [1.807, 2.05) is 6.07 Å². The van der Waals surface area contributed by atoms with Gasteiger partial charge in [-0.05, 0) is 98.9 Å². The second-order valence-electron chi connectivity index (χ2n) is 9.45. The van der Waals surface area contributed by atoms with Crippen molar-refractivity contribution in [3.05, 3.63) is 84.0 Å². The molecule has 0 aromatic heterocycles. The van der Waals surface area contributed by atoms with Gasteiger partial charge >= 0.3 is 5.97 Å². The molecule has 2 aliphatic rings. The minimum absolute atomic E-state index is 0.0104. The third-order valence-corrected chi connectivity index (χ3v) is 7.27. The Hall–Kier alpha value is -2.95. The Morgan fingerprint density at radius 3 is 2.56 bits per heavy atom. The van der Waals surface area contributed by atoms with Crippen LogP contribution in [-0.2, 0) is 0 Å². The summed E-state index contributed by atoms with van der Waals surface area (Å²) in [5, 5.41) is 0. The van der Waals surface area contributed by atoms with Crippen molar-refractivity contribution in [2.45, 2.75) is 51.4 Å². The molecule has 0 spiro atoms. The standard InChI is InChI=1S/C29H32F2O3/c1-3-5-19-6-7-21-16-22(9-8-20(21)15-19)23-10-12-25(26(30)17-23)29(32)34-24-11-13-28(27(31)18-24)33-14-4-2/h3-5,10-13,17-22H,2,6-9,14-16H2,1H3/b5-3+. The summed E-state index contributed by atoms with van der Waals surface area (Å²) in [6, 6.07) is 8.62. The number of halogens is 2. The Morgan fingerprint density at radius 2 is 1.82 bits per heavy atom. The highest BCUT2D eigenvalue weighted by atomic mass is 19.1. The largest absolute Gasteiger partial charge is 0.486 e. The molecule has 4 unspecified atom stereocenters. The average Bonchev–Trinajstić information content (AvgIpc) is 2.83. The molecule has 2 aliphatic carbocycles. The van der Waals surface area contributed by atoms with E-state index in [4.69, 9.17) is 9.47 Å². The highest BCUT2D eigenvalue weighted by molar-refractivity contribution is 5.91. The number of benzene rings is 2. The fourth-order valence-corrected chi connectivity index (χ4v) is 5.60. The van der Waals surface area contributed by atoms with E-state index in [0.717, 1.165) is 30.4 Å². The molecule has 2 aromatic rings. The minimum atomic E-state index is -0.853. The van der Waals surface area contributed by atoms with E-state index in [2.05, 4.69) is 25.7 Å². The van der Waals surface area contributed by atoms with Crippen molar-refractivity contribution < 1.29 is 23.0 Å². The number of allylic oxidation sites excluding steroid dienone is 2. The van der Waals surface area contributed by atoms with Crippen molar-refractivity contribution in [1.82, 2.24) is 0 Å². The molecule has 4 atom stereocenters. The Morgan fingerprint density at radius 1 is 1.03 bits per heavy atom. The third kappa shape index (κ3) is 5.57. The topological polar surface area (TPSA) is 35.5 Å². The molecular formula is C29H32F2O3. The van der Waals surface area contributed by atoms with Crippen molar-refractivity contribution in [1.29, 1.82) is 0 Å². The molecule has 0 heterocycles. The molecule has 0 radical (unpaired) electrons. The first kappa shape index (κ1) is 24.2. The van der Waals surface area contributed by atoms with Gasteiger partial charge in [0, 0.05) is 6.07 Å². The van der Waals surface area contributed by atoms with Crippen LogP contribution in [0.5, 0.6) is 11.5 Å². The Balaban J connectivity index is 1.39. The fourth-order valence-electron chi connectivity index (χ4n) is 5.60. The van der Waals surface area contributed by atoms with Crippen molar-refractivity contribution in [3.63, 3.8) is 0 Å². The number of esters is 1. The zero-order chi connectivity index (χ0) is 24.1. The molecule has 0 aliphatic heterocycles. The van der Waals surface area contributed by atoms with Crippen LogP contribution in [0, 0.1) is 29.4 Å². The first-order valence-electron chi connectivity index (χ1n) is 12.2. The zero-order valence-electron chi connectivity index (χ0n) is 19.6. The number of rotatable bonds is 7. The average molecular weight is 467 g/mol. The molecule has 0 bridgehead atoms. The summed E-state index contributed by atoms with van der Waals surface area (Å²) >= 11 is 0. The molecule has 0 N–H and O–H groups in total. The minimum Gasteiger partial charge on any atom is -0.486 e. The van der Waals surface area contributed by atoms with Crippen molar-refractivity contribution >= 4 is 5.97 Å². The molecule has 2 aromatic carbocycles. The SMILES string of the molecule is C=CCOc1ccc(OC(=O)c2ccc(C3CCC4CC(/C=C/C)CCC4C3)cc2F)cc1F. The molecule has 0 amide bonds. The number of hydrogen-bond donors (Lipinski definition) is 0. The maximum Gasteiger partial charge on any atom is 0.346 e. The summed E-state index contributed by atoms with van der Waals surface area (Å²) < 4.78 is 39.4. The summed E-state index contributed by atoms with van der Waals surface area (Å²) in [6.45, 7) is 5.76. The van der Waals surface area contributed by atoms with Gasteiger partial charge in [0.15, 0.2) is 11.6 Å². The number of carbonyl (C=O) groups is 1. The summed E-state index contributed by atoms with van der Waals surface area (Å²) in [7, 11) is 0. The predicted octanol–water partition coefficient (Wildman–Crippen LogP) is 7.62. The Labute approximate surface area is 200 Å². The molecule has 3 nitrogen and oxygen atoms in total. The van der Waals surface area contributed by atoms with E-state index >= 15 is 0 Å². The van der Waals surface area contributed by atoms with Gasteiger partial charge < -0.3 is 9.47 Å². The van der Waals surface area contributed by atoms with Crippen molar-refractivity contribution in [3.8, 4) is 11.5 Å². The van der Waals surface area contributed by atoms with Gasteiger partial charge in [-0.25, -0.2) is 13.6 Å². The van der Waals surface area contributed by atoms with E-state index in [1.165, 1.54) is 56.0 Å². The van der Waals surface area contributed by atoms with Crippen LogP contribution in [0.3, 0.4) is 0 Å². The van der Waals surface area contributed by atoms with Crippen LogP contribution in [0.2, 0.25) is 0 Å².